The number of benzene rings is 3. The molecule has 4 rings (SSSR count). The Balaban J connectivity index is 1.29. The van der Waals surface area contributed by atoms with E-state index < -0.39 is 0 Å². The van der Waals surface area contributed by atoms with Crippen LogP contribution in [0.4, 0.5) is 5.69 Å². The monoisotopic (exact) mass is 429 g/mol. The summed E-state index contributed by atoms with van der Waals surface area (Å²) in [4.78, 5) is 30.0. The largest absolute Gasteiger partial charge is 0.375 e. The molecule has 2 amide bonds. The molecule has 1 atom stereocenters. The van der Waals surface area contributed by atoms with Crippen molar-refractivity contribution < 1.29 is 9.59 Å². The molecule has 0 aromatic heterocycles. The zero-order valence-electron chi connectivity index (χ0n) is 18.7. The number of amides is 2. The summed E-state index contributed by atoms with van der Waals surface area (Å²) < 4.78 is 0. The van der Waals surface area contributed by atoms with Gasteiger partial charge in [0.1, 0.15) is 0 Å². The molecule has 1 N–H and O–H groups in total. The Hall–Kier alpha value is -3.34. The lowest BCUT2D eigenvalue weighted by molar-refractivity contribution is -0.126. The lowest BCUT2D eigenvalue weighted by Crippen LogP contribution is -2.45. The van der Waals surface area contributed by atoms with Crippen molar-refractivity contribution in [2.24, 2.45) is 5.92 Å². The van der Waals surface area contributed by atoms with Crippen LogP contribution in [0.15, 0.2) is 72.8 Å². The summed E-state index contributed by atoms with van der Waals surface area (Å²) in [5.74, 6) is -0.0684. The van der Waals surface area contributed by atoms with E-state index in [-0.39, 0.29) is 17.7 Å². The Morgan fingerprint density at radius 3 is 2.59 bits per heavy atom. The Labute approximate surface area is 190 Å². The molecule has 1 heterocycles. The summed E-state index contributed by atoms with van der Waals surface area (Å²) in [6.45, 7) is 2.70. The molecule has 1 aliphatic heterocycles. The number of fused-ring (bicyclic) bond motifs is 1. The standard InChI is InChI=1S/C27H31N3O2/c1-29(23-13-3-2-4-14-23)18-9-17-28-26(31)22-12-8-19-30(20-22)27(32)25-16-7-11-21-10-5-6-15-24(21)25/h2-7,10-11,13-16,22H,8-9,12,17-20H2,1H3,(H,28,31). The summed E-state index contributed by atoms with van der Waals surface area (Å²) in [6.07, 6.45) is 2.56. The van der Waals surface area contributed by atoms with E-state index in [1.54, 1.807) is 0 Å². The Kier molecular flexibility index (Phi) is 7.05. The van der Waals surface area contributed by atoms with Crippen LogP contribution in [0.3, 0.4) is 0 Å². The Morgan fingerprint density at radius 1 is 1.00 bits per heavy atom. The van der Waals surface area contributed by atoms with Crippen LogP contribution in [0, 0.1) is 5.92 Å². The highest BCUT2D eigenvalue weighted by Crippen LogP contribution is 2.23. The van der Waals surface area contributed by atoms with E-state index in [0.717, 1.165) is 36.6 Å². The molecule has 5 heteroatoms. The van der Waals surface area contributed by atoms with Gasteiger partial charge in [-0.2, -0.15) is 0 Å². The van der Waals surface area contributed by atoms with E-state index in [1.165, 1.54) is 5.69 Å². The third-order valence-electron chi connectivity index (χ3n) is 6.27. The molecule has 3 aromatic carbocycles. The molecule has 32 heavy (non-hydrogen) atoms. The number of hydrogen-bond acceptors (Lipinski definition) is 3. The number of nitrogens with zero attached hydrogens (tertiary/aromatic N) is 2. The quantitative estimate of drug-likeness (QED) is 0.569. The van der Waals surface area contributed by atoms with Gasteiger partial charge in [0.15, 0.2) is 0 Å². The van der Waals surface area contributed by atoms with Crippen molar-refractivity contribution >= 4 is 28.3 Å². The molecule has 0 radical (unpaired) electrons. The second kappa shape index (κ2) is 10.3. The predicted octanol–water partition coefficient (Wildman–Crippen LogP) is 4.33. The predicted molar refractivity (Wildman–Crippen MR) is 130 cm³/mol. The fourth-order valence-corrected chi connectivity index (χ4v) is 4.44. The van der Waals surface area contributed by atoms with Crippen molar-refractivity contribution in [1.29, 1.82) is 0 Å². The van der Waals surface area contributed by atoms with Crippen LogP contribution in [0.2, 0.25) is 0 Å². The molecule has 0 aliphatic carbocycles. The molecule has 0 spiro atoms. The Bertz CT molecular complexity index is 1060. The zero-order chi connectivity index (χ0) is 22.3. The third kappa shape index (κ3) is 5.10. The number of carbonyl (C=O) groups excluding carboxylic acids is 2. The highest BCUT2D eigenvalue weighted by Gasteiger charge is 2.29. The van der Waals surface area contributed by atoms with Gasteiger partial charge in [-0.3, -0.25) is 9.59 Å². The number of carbonyl (C=O) groups is 2. The van der Waals surface area contributed by atoms with Crippen LogP contribution in [-0.2, 0) is 4.79 Å². The minimum atomic E-state index is -0.144. The summed E-state index contributed by atoms with van der Waals surface area (Å²) in [5.41, 5.74) is 1.89. The number of anilines is 1. The number of para-hydroxylation sites is 1. The molecule has 0 saturated carbocycles. The van der Waals surface area contributed by atoms with Crippen LogP contribution >= 0.6 is 0 Å². The van der Waals surface area contributed by atoms with Crippen LogP contribution in [-0.4, -0.2) is 49.9 Å². The fraction of sp³-hybridized carbons (Fsp3) is 0.333. The first-order valence-corrected chi connectivity index (χ1v) is 11.4. The average molecular weight is 430 g/mol. The van der Waals surface area contributed by atoms with Gasteiger partial charge in [-0.25, -0.2) is 0 Å². The summed E-state index contributed by atoms with van der Waals surface area (Å²) in [5, 5.41) is 5.11. The lowest BCUT2D eigenvalue weighted by Gasteiger charge is -2.32. The van der Waals surface area contributed by atoms with Crippen molar-refractivity contribution in [2.45, 2.75) is 19.3 Å². The van der Waals surface area contributed by atoms with Crippen LogP contribution in [0.1, 0.15) is 29.6 Å². The minimum absolute atomic E-state index is 0.0174. The van der Waals surface area contributed by atoms with Crippen LogP contribution in [0.25, 0.3) is 10.8 Å². The molecule has 166 valence electrons. The van der Waals surface area contributed by atoms with E-state index in [9.17, 15) is 9.59 Å². The first kappa shape index (κ1) is 21.9. The van der Waals surface area contributed by atoms with Crippen LogP contribution < -0.4 is 10.2 Å². The summed E-state index contributed by atoms with van der Waals surface area (Å²) in [7, 11) is 2.06. The van der Waals surface area contributed by atoms with E-state index in [0.29, 0.717) is 25.2 Å². The van der Waals surface area contributed by atoms with Gasteiger partial charge < -0.3 is 15.1 Å². The smallest absolute Gasteiger partial charge is 0.254 e. The first-order chi connectivity index (χ1) is 15.6. The van der Waals surface area contributed by atoms with E-state index in [1.807, 2.05) is 65.6 Å². The second-order valence-electron chi connectivity index (χ2n) is 8.52. The Morgan fingerprint density at radius 2 is 1.75 bits per heavy atom. The number of rotatable bonds is 7. The highest BCUT2D eigenvalue weighted by molar-refractivity contribution is 6.07. The number of piperidine rings is 1. The zero-order valence-corrected chi connectivity index (χ0v) is 18.7. The highest BCUT2D eigenvalue weighted by atomic mass is 16.2. The van der Waals surface area contributed by atoms with Gasteiger partial charge in [0.05, 0.1) is 5.92 Å². The molecular formula is C27H31N3O2. The minimum Gasteiger partial charge on any atom is -0.375 e. The number of hydrogen-bond donors (Lipinski definition) is 1. The van der Waals surface area contributed by atoms with E-state index >= 15 is 0 Å². The van der Waals surface area contributed by atoms with Gasteiger partial charge in [-0.1, -0.05) is 54.6 Å². The van der Waals surface area contributed by atoms with Crippen molar-refractivity contribution in [3.63, 3.8) is 0 Å². The molecule has 0 bridgehead atoms. The first-order valence-electron chi connectivity index (χ1n) is 11.4. The normalized spacial score (nSPS) is 16.0. The van der Waals surface area contributed by atoms with Crippen molar-refractivity contribution in [1.82, 2.24) is 10.2 Å². The fourth-order valence-electron chi connectivity index (χ4n) is 4.44. The summed E-state index contributed by atoms with van der Waals surface area (Å²) >= 11 is 0. The summed E-state index contributed by atoms with van der Waals surface area (Å²) in [6, 6.07) is 24.0. The molecular weight excluding hydrogens is 398 g/mol. The maximum Gasteiger partial charge on any atom is 0.254 e. The maximum absolute atomic E-state index is 13.2. The number of likely N-dealkylation sites (tertiary alicyclic amines) is 1. The average Bonchev–Trinajstić information content (AvgIpc) is 2.86. The molecule has 1 fully saturated rings. The molecule has 5 nitrogen and oxygen atoms in total. The van der Waals surface area contributed by atoms with Crippen molar-refractivity contribution in [2.75, 3.05) is 38.1 Å². The van der Waals surface area contributed by atoms with Crippen LogP contribution in [0.5, 0.6) is 0 Å². The van der Waals surface area contributed by atoms with Gasteiger partial charge in [-0.05, 0) is 48.2 Å². The van der Waals surface area contributed by atoms with Gasteiger partial charge in [0.2, 0.25) is 5.91 Å². The SMILES string of the molecule is CN(CCCNC(=O)C1CCCN(C(=O)c2cccc3ccccc23)C1)c1ccccc1. The topological polar surface area (TPSA) is 52.7 Å². The van der Waals surface area contributed by atoms with E-state index in [4.69, 9.17) is 0 Å². The van der Waals surface area contributed by atoms with Crippen molar-refractivity contribution in [3.05, 3.63) is 78.4 Å². The van der Waals surface area contributed by atoms with Crippen molar-refractivity contribution in [3.8, 4) is 0 Å². The van der Waals surface area contributed by atoms with Gasteiger partial charge in [-0.15, -0.1) is 0 Å². The number of nitrogens with one attached hydrogen (secondary N) is 1. The maximum atomic E-state index is 13.2. The second-order valence-corrected chi connectivity index (χ2v) is 8.52. The van der Waals surface area contributed by atoms with E-state index in [2.05, 4.69) is 29.4 Å². The van der Waals surface area contributed by atoms with Gasteiger partial charge in [0.25, 0.3) is 5.91 Å². The third-order valence-corrected chi connectivity index (χ3v) is 6.27. The molecule has 1 saturated heterocycles. The molecule has 1 unspecified atom stereocenters. The van der Waals surface area contributed by atoms with Gasteiger partial charge >= 0.3 is 0 Å². The van der Waals surface area contributed by atoms with Gasteiger partial charge in [0, 0.05) is 44.5 Å². The molecule has 3 aromatic rings. The lowest BCUT2D eigenvalue weighted by atomic mass is 9.95. The molecule has 1 aliphatic rings.